The third kappa shape index (κ3) is 5.40. The average Bonchev–Trinajstić information content (AvgIpc) is 2.75. The maximum Gasteiger partial charge on any atom is 0.252 e. The van der Waals surface area contributed by atoms with Gasteiger partial charge in [-0.2, -0.15) is 0 Å². The molecule has 0 aromatic heterocycles. The molecular formula is C20H22ClFN4O4S. The second-order valence-corrected chi connectivity index (χ2v) is 8.11. The molecule has 166 valence electrons. The van der Waals surface area contributed by atoms with Crippen LogP contribution in [0.25, 0.3) is 0 Å². The van der Waals surface area contributed by atoms with E-state index in [1.165, 1.54) is 44.2 Å². The highest BCUT2D eigenvalue weighted by Crippen LogP contribution is 2.28. The van der Waals surface area contributed by atoms with E-state index in [0.717, 1.165) is 0 Å². The molecule has 2 aromatic rings. The Bertz CT molecular complexity index is 960. The number of methoxy groups -OCH3 is 2. The zero-order chi connectivity index (χ0) is 22.5. The van der Waals surface area contributed by atoms with Gasteiger partial charge in [0.25, 0.3) is 5.91 Å². The van der Waals surface area contributed by atoms with E-state index in [2.05, 4.69) is 16.0 Å². The molecule has 1 fully saturated rings. The number of hydrogen-bond donors (Lipinski definition) is 4. The first-order chi connectivity index (χ1) is 14.8. The second-order valence-electron chi connectivity index (χ2n) is 6.61. The molecular weight excluding hydrogens is 447 g/mol. The van der Waals surface area contributed by atoms with E-state index < -0.39 is 35.3 Å². The highest BCUT2D eigenvalue weighted by molar-refractivity contribution is 7.99. The van der Waals surface area contributed by atoms with Crippen LogP contribution in [0.1, 0.15) is 15.9 Å². The first kappa shape index (κ1) is 23.1. The molecule has 0 radical (unpaired) electrons. The summed E-state index contributed by atoms with van der Waals surface area (Å²) in [6, 6.07) is 8.08. The maximum absolute atomic E-state index is 13.9. The molecule has 0 aliphatic carbocycles. The Balaban J connectivity index is 1.61. The quantitative estimate of drug-likeness (QED) is 0.490. The molecule has 1 heterocycles. The van der Waals surface area contributed by atoms with Crippen LogP contribution in [0.2, 0.25) is 5.02 Å². The second kappa shape index (κ2) is 10.2. The first-order valence-corrected chi connectivity index (χ1v) is 10.7. The largest absolute Gasteiger partial charge is 0.493 e. The number of carbonyl (C=O) groups is 2. The van der Waals surface area contributed by atoms with Gasteiger partial charge in [0, 0.05) is 21.9 Å². The van der Waals surface area contributed by atoms with Crippen LogP contribution in [0.15, 0.2) is 36.4 Å². The van der Waals surface area contributed by atoms with Gasteiger partial charge in [-0.1, -0.05) is 17.7 Å². The Morgan fingerprint density at radius 1 is 1.26 bits per heavy atom. The summed E-state index contributed by atoms with van der Waals surface area (Å²) in [7, 11) is 2.95. The molecule has 1 saturated heterocycles. The zero-order valence-electron chi connectivity index (χ0n) is 16.8. The van der Waals surface area contributed by atoms with Crippen LogP contribution in [0.3, 0.4) is 0 Å². The SMILES string of the molecule is COc1ccc(C(=O)NC2C(=O)NC(SCc3c(F)cccc3Cl)NC2N)cc1OC. The van der Waals surface area contributed by atoms with E-state index in [4.69, 9.17) is 26.8 Å². The molecule has 0 spiro atoms. The Morgan fingerprint density at radius 2 is 2.00 bits per heavy atom. The first-order valence-electron chi connectivity index (χ1n) is 9.23. The molecule has 0 bridgehead atoms. The number of amides is 2. The fourth-order valence-corrected chi connectivity index (χ4v) is 4.37. The van der Waals surface area contributed by atoms with E-state index in [1.807, 2.05) is 0 Å². The van der Waals surface area contributed by atoms with E-state index >= 15 is 0 Å². The third-order valence-electron chi connectivity index (χ3n) is 4.65. The van der Waals surface area contributed by atoms with Gasteiger partial charge in [-0.25, -0.2) is 4.39 Å². The monoisotopic (exact) mass is 468 g/mol. The van der Waals surface area contributed by atoms with E-state index in [9.17, 15) is 14.0 Å². The third-order valence-corrected chi connectivity index (χ3v) is 6.04. The number of carbonyl (C=O) groups excluding carboxylic acids is 2. The van der Waals surface area contributed by atoms with Crippen molar-refractivity contribution in [2.24, 2.45) is 5.73 Å². The van der Waals surface area contributed by atoms with Crippen LogP contribution < -0.4 is 31.2 Å². The van der Waals surface area contributed by atoms with Crippen molar-refractivity contribution in [2.75, 3.05) is 14.2 Å². The highest BCUT2D eigenvalue weighted by atomic mass is 35.5. The summed E-state index contributed by atoms with van der Waals surface area (Å²) in [6.07, 6.45) is -0.855. The molecule has 1 aliphatic rings. The van der Waals surface area contributed by atoms with Crippen molar-refractivity contribution in [1.29, 1.82) is 0 Å². The molecule has 1 aliphatic heterocycles. The lowest BCUT2D eigenvalue weighted by atomic mass is 10.1. The van der Waals surface area contributed by atoms with Gasteiger partial charge >= 0.3 is 0 Å². The lowest BCUT2D eigenvalue weighted by Crippen LogP contribution is -2.70. The Kier molecular flexibility index (Phi) is 7.60. The van der Waals surface area contributed by atoms with Gasteiger partial charge in [0.2, 0.25) is 5.91 Å². The molecule has 31 heavy (non-hydrogen) atoms. The summed E-state index contributed by atoms with van der Waals surface area (Å²) in [5, 5.41) is 8.61. The van der Waals surface area contributed by atoms with Crippen LogP contribution in [0.5, 0.6) is 11.5 Å². The fraction of sp³-hybridized carbons (Fsp3) is 0.300. The van der Waals surface area contributed by atoms with Crippen LogP contribution >= 0.6 is 23.4 Å². The van der Waals surface area contributed by atoms with Gasteiger partial charge in [-0.3, -0.25) is 14.9 Å². The molecule has 5 N–H and O–H groups in total. The lowest BCUT2D eigenvalue weighted by Gasteiger charge is -2.35. The van der Waals surface area contributed by atoms with Crippen molar-refractivity contribution >= 4 is 35.2 Å². The molecule has 11 heteroatoms. The van der Waals surface area contributed by atoms with Crippen LogP contribution in [0, 0.1) is 5.82 Å². The number of hydrogen-bond acceptors (Lipinski definition) is 7. The predicted octanol–water partition coefficient (Wildman–Crippen LogP) is 1.82. The molecule has 3 unspecified atom stereocenters. The molecule has 0 saturated carbocycles. The van der Waals surface area contributed by atoms with Crippen molar-refractivity contribution in [3.8, 4) is 11.5 Å². The van der Waals surface area contributed by atoms with Crippen molar-refractivity contribution in [2.45, 2.75) is 23.5 Å². The molecule has 8 nitrogen and oxygen atoms in total. The van der Waals surface area contributed by atoms with Crippen LogP contribution in [-0.2, 0) is 10.5 Å². The van der Waals surface area contributed by atoms with Gasteiger partial charge in [-0.05, 0) is 30.3 Å². The number of nitrogens with one attached hydrogen (secondary N) is 3. The Hall–Kier alpha value is -2.53. The minimum Gasteiger partial charge on any atom is -0.493 e. The summed E-state index contributed by atoms with van der Waals surface area (Å²) in [5.74, 6) is -0.304. The summed E-state index contributed by atoms with van der Waals surface area (Å²) in [5.41, 5.74) is 6.11. The fourth-order valence-electron chi connectivity index (χ4n) is 2.98. The summed E-state index contributed by atoms with van der Waals surface area (Å²) >= 11 is 7.26. The minimum absolute atomic E-state index is 0.221. The van der Waals surface area contributed by atoms with Crippen molar-refractivity contribution < 1.29 is 23.5 Å². The number of thioether (sulfide) groups is 1. The number of halogens is 2. The zero-order valence-corrected chi connectivity index (χ0v) is 18.4. The molecule has 3 atom stereocenters. The molecule has 3 rings (SSSR count). The maximum atomic E-state index is 13.9. The van der Waals surface area contributed by atoms with Crippen molar-refractivity contribution in [1.82, 2.24) is 16.0 Å². The van der Waals surface area contributed by atoms with Crippen LogP contribution in [0.4, 0.5) is 4.39 Å². The average molecular weight is 469 g/mol. The van der Waals surface area contributed by atoms with Crippen molar-refractivity contribution in [3.05, 3.63) is 58.4 Å². The number of ether oxygens (including phenoxy) is 2. The van der Waals surface area contributed by atoms with E-state index in [1.54, 1.807) is 18.2 Å². The molecule has 2 aromatic carbocycles. The number of benzene rings is 2. The van der Waals surface area contributed by atoms with Gasteiger partial charge in [0.1, 0.15) is 17.4 Å². The highest BCUT2D eigenvalue weighted by Gasteiger charge is 2.35. The lowest BCUT2D eigenvalue weighted by molar-refractivity contribution is -0.125. The molecule has 2 amide bonds. The normalized spacial score (nSPS) is 20.7. The van der Waals surface area contributed by atoms with Gasteiger partial charge in [0.15, 0.2) is 11.5 Å². The Labute approximate surface area is 188 Å². The van der Waals surface area contributed by atoms with Crippen molar-refractivity contribution in [3.63, 3.8) is 0 Å². The topological polar surface area (TPSA) is 115 Å². The van der Waals surface area contributed by atoms with Crippen LogP contribution in [-0.4, -0.2) is 43.7 Å². The smallest absolute Gasteiger partial charge is 0.252 e. The summed E-state index contributed by atoms with van der Waals surface area (Å²) in [6.45, 7) is 0. The Morgan fingerprint density at radius 3 is 2.65 bits per heavy atom. The van der Waals surface area contributed by atoms with Gasteiger partial charge < -0.3 is 25.8 Å². The summed E-state index contributed by atoms with van der Waals surface area (Å²) in [4.78, 5) is 25.2. The number of nitrogens with two attached hydrogens (primary N) is 1. The van der Waals surface area contributed by atoms with E-state index in [-0.39, 0.29) is 11.3 Å². The predicted molar refractivity (Wildman–Crippen MR) is 117 cm³/mol. The number of rotatable bonds is 7. The summed E-state index contributed by atoms with van der Waals surface area (Å²) < 4.78 is 24.3. The van der Waals surface area contributed by atoms with Gasteiger partial charge in [0.05, 0.1) is 20.4 Å². The minimum atomic E-state index is -1.01. The van der Waals surface area contributed by atoms with Gasteiger partial charge in [-0.15, -0.1) is 11.8 Å². The standard InChI is InChI=1S/C20H22ClFN4O4S/c1-29-14-7-6-10(8-15(14)30-2)18(27)24-16-17(23)25-20(26-19(16)28)31-9-11-12(21)4-3-5-13(11)22/h3-8,16-17,20,25H,9,23H2,1-2H3,(H,24,27)(H,26,28). The van der Waals surface area contributed by atoms with E-state index in [0.29, 0.717) is 22.1 Å².